The third-order valence-corrected chi connectivity index (χ3v) is 2.94. The summed E-state index contributed by atoms with van der Waals surface area (Å²) in [5.41, 5.74) is 2.01. The Balaban J connectivity index is 2.14. The maximum absolute atomic E-state index is 11.7. The van der Waals surface area contributed by atoms with Gasteiger partial charge in [0.2, 0.25) is 5.56 Å². The molecule has 4 heteroatoms. The fourth-order valence-corrected chi connectivity index (χ4v) is 1.84. The van der Waals surface area contributed by atoms with E-state index in [0.717, 1.165) is 17.5 Å². The zero-order chi connectivity index (χ0) is 13.1. The highest BCUT2D eigenvalue weighted by atomic mass is 16.1. The molecule has 0 aliphatic carbocycles. The minimum Gasteiger partial charge on any atom is -0.318 e. The summed E-state index contributed by atoms with van der Waals surface area (Å²) >= 11 is 0. The largest absolute Gasteiger partial charge is 0.318 e. The number of rotatable bonds is 3. The monoisotopic (exact) mass is 244 g/mol. The van der Waals surface area contributed by atoms with Gasteiger partial charge in [0.15, 0.2) is 0 Å². The van der Waals surface area contributed by atoms with Gasteiger partial charge in [0, 0.05) is 38.1 Å². The standard InChI is InChI=1S/C14H16N2O2/c1-11-5-7-16(14(18)9-11)8-6-12-3-4-13(17)15(2)10-12/h3-5,7,9-10H,6,8H2,1-2H3. The van der Waals surface area contributed by atoms with Gasteiger partial charge in [-0.25, -0.2) is 0 Å². The van der Waals surface area contributed by atoms with Gasteiger partial charge in [-0.1, -0.05) is 6.07 Å². The summed E-state index contributed by atoms with van der Waals surface area (Å²) in [7, 11) is 1.73. The molecule has 2 aromatic rings. The van der Waals surface area contributed by atoms with E-state index in [0.29, 0.717) is 6.54 Å². The molecule has 0 radical (unpaired) electrons. The zero-order valence-electron chi connectivity index (χ0n) is 10.6. The van der Waals surface area contributed by atoms with Crippen LogP contribution in [-0.4, -0.2) is 9.13 Å². The van der Waals surface area contributed by atoms with Crippen LogP contribution in [0.15, 0.2) is 46.2 Å². The molecule has 0 saturated heterocycles. The van der Waals surface area contributed by atoms with Crippen molar-refractivity contribution in [3.8, 4) is 0 Å². The van der Waals surface area contributed by atoms with E-state index in [1.165, 1.54) is 0 Å². The lowest BCUT2D eigenvalue weighted by Gasteiger charge is -2.07. The highest BCUT2D eigenvalue weighted by molar-refractivity contribution is 5.11. The van der Waals surface area contributed by atoms with Crippen LogP contribution in [0.5, 0.6) is 0 Å². The molecule has 0 aliphatic heterocycles. The molecule has 4 nitrogen and oxygen atoms in total. The molecule has 2 aromatic heterocycles. The second-order valence-electron chi connectivity index (χ2n) is 4.47. The molecule has 2 heterocycles. The van der Waals surface area contributed by atoms with Crippen molar-refractivity contribution in [3.05, 3.63) is 68.5 Å². The highest BCUT2D eigenvalue weighted by Crippen LogP contribution is 1.99. The van der Waals surface area contributed by atoms with E-state index in [1.54, 1.807) is 34.5 Å². The van der Waals surface area contributed by atoms with Crippen molar-refractivity contribution in [2.75, 3.05) is 0 Å². The quantitative estimate of drug-likeness (QED) is 0.811. The van der Waals surface area contributed by atoms with Crippen LogP contribution in [0.3, 0.4) is 0 Å². The second-order valence-corrected chi connectivity index (χ2v) is 4.47. The second kappa shape index (κ2) is 5.04. The summed E-state index contributed by atoms with van der Waals surface area (Å²) in [6.07, 6.45) is 4.35. The third-order valence-electron chi connectivity index (χ3n) is 2.94. The third kappa shape index (κ3) is 2.77. The molecule has 0 atom stereocenters. The normalized spacial score (nSPS) is 10.6. The Labute approximate surface area is 105 Å². The average molecular weight is 244 g/mol. The van der Waals surface area contributed by atoms with Crippen LogP contribution in [0.25, 0.3) is 0 Å². The van der Waals surface area contributed by atoms with Gasteiger partial charge in [-0.15, -0.1) is 0 Å². The van der Waals surface area contributed by atoms with Gasteiger partial charge in [0.05, 0.1) is 0 Å². The van der Waals surface area contributed by atoms with E-state index >= 15 is 0 Å². The summed E-state index contributed by atoms with van der Waals surface area (Å²) < 4.78 is 3.23. The van der Waals surface area contributed by atoms with Crippen molar-refractivity contribution in [2.24, 2.45) is 7.05 Å². The minimum atomic E-state index is -0.0220. The van der Waals surface area contributed by atoms with E-state index in [2.05, 4.69) is 0 Å². The summed E-state index contributed by atoms with van der Waals surface area (Å²) in [4.78, 5) is 22.9. The predicted octanol–water partition coefficient (Wildman–Crippen LogP) is 1.10. The maximum atomic E-state index is 11.7. The predicted molar refractivity (Wildman–Crippen MR) is 70.8 cm³/mol. The number of pyridine rings is 2. The molecule has 0 aliphatic rings. The molecule has 0 bridgehead atoms. The van der Waals surface area contributed by atoms with E-state index in [9.17, 15) is 9.59 Å². The van der Waals surface area contributed by atoms with E-state index < -0.39 is 0 Å². The number of hydrogen-bond donors (Lipinski definition) is 0. The molecular weight excluding hydrogens is 228 g/mol. The van der Waals surface area contributed by atoms with Crippen molar-refractivity contribution in [1.82, 2.24) is 9.13 Å². The molecule has 0 N–H and O–H groups in total. The van der Waals surface area contributed by atoms with Gasteiger partial charge in [-0.2, -0.15) is 0 Å². The van der Waals surface area contributed by atoms with Crippen molar-refractivity contribution in [3.63, 3.8) is 0 Å². The van der Waals surface area contributed by atoms with Crippen molar-refractivity contribution in [1.29, 1.82) is 0 Å². The molecule has 94 valence electrons. The van der Waals surface area contributed by atoms with E-state index in [1.807, 2.05) is 25.3 Å². The summed E-state index contributed by atoms with van der Waals surface area (Å²) in [6.45, 7) is 2.52. The van der Waals surface area contributed by atoms with Crippen molar-refractivity contribution >= 4 is 0 Å². The molecule has 0 fully saturated rings. The van der Waals surface area contributed by atoms with Crippen LogP contribution in [0.1, 0.15) is 11.1 Å². The Morgan fingerprint density at radius 2 is 1.89 bits per heavy atom. The molecule has 0 spiro atoms. The molecule has 0 unspecified atom stereocenters. The zero-order valence-corrected chi connectivity index (χ0v) is 10.6. The van der Waals surface area contributed by atoms with Crippen LogP contribution in [-0.2, 0) is 20.0 Å². The lowest BCUT2D eigenvalue weighted by Crippen LogP contribution is -2.20. The van der Waals surface area contributed by atoms with Crippen LogP contribution >= 0.6 is 0 Å². The van der Waals surface area contributed by atoms with Gasteiger partial charge in [0.25, 0.3) is 5.56 Å². The summed E-state index contributed by atoms with van der Waals surface area (Å²) in [6, 6.07) is 6.90. The summed E-state index contributed by atoms with van der Waals surface area (Å²) in [5, 5.41) is 0. The Morgan fingerprint density at radius 1 is 1.11 bits per heavy atom. The summed E-state index contributed by atoms with van der Waals surface area (Å²) in [5.74, 6) is 0. The van der Waals surface area contributed by atoms with E-state index in [-0.39, 0.29) is 11.1 Å². The molecule has 18 heavy (non-hydrogen) atoms. The first-order valence-corrected chi connectivity index (χ1v) is 5.89. The van der Waals surface area contributed by atoms with Crippen molar-refractivity contribution < 1.29 is 0 Å². The Hall–Kier alpha value is -2.10. The molecule has 2 rings (SSSR count). The molecule has 0 saturated carbocycles. The topological polar surface area (TPSA) is 44.0 Å². The van der Waals surface area contributed by atoms with E-state index in [4.69, 9.17) is 0 Å². The van der Waals surface area contributed by atoms with Crippen LogP contribution in [0, 0.1) is 6.92 Å². The fraction of sp³-hybridized carbons (Fsp3) is 0.286. The molecular formula is C14H16N2O2. The van der Waals surface area contributed by atoms with Gasteiger partial charge >= 0.3 is 0 Å². The maximum Gasteiger partial charge on any atom is 0.250 e. The number of nitrogens with zero attached hydrogens (tertiary/aromatic N) is 2. The minimum absolute atomic E-state index is 0.0137. The van der Waals surface area contributed by atoms with Crippen LogP contribution < -0.4 is 11.1 Å². The number of aryl methyl sites for hydroxylation is 4. The average Bonchev–Trinajstić information content (AvgIpc) is 2.32. The van der Waals surface area contributed by atoms with Crippen LogP contribution in [0.2, 0.25) is 0 Å². The Morgan fingerprint density at radius 3 is 2.56 bits per heavy atom. The number of aromatic nitrogens is 2. The SMILES string of the molecule is Cc1ccn(CCc2ccc(=O)n(C)c2)c(=O)c1. The Bertz CT molecular complexity index is 668. The smallest absolute Gasteiger partial charge is 0.250 e. The van der Waals surface area contributed by atoms with Crippen molar-refractivity contribution in [2.45, 2.75) is 19.9 Å². The Kier molecular flexibility index (Phi) is 3.46. The first kappa shape index (κ1) is 12.4. The fourth-order valence-electron chi connectivity index (χ4n) is 1.84. The highest BCUT2D eigenvalue weighted by Gasteiger charge is 1.99. The first-order valence-electron chi connectivity index (χ1n) is 5.89. The number of hydrogen-bond acceptors (Lipinski definition) is 2. The van der Waals surface area contributed by atoms with Crippen LogP contribution in [0.4, 0.5) is 0 Å². The van der Waals surface area contributed by atoms with Gasteiger partial charge in [-0.05, 0) is 30.5 Å². The lowest BCUT2D eigenvalue weighted by atomic mass is 10.2. The lowest BCUT2D eigenvalue weighted by molar-refractivity contribution is 0.662. The first-order chi connectivity index (χ1) is 8.56. The molecule has 0 aromatic carbocycles. The molecule has 0 amide bonds. The van der Waals surface area contributed by atoms with Gasteiger partial charge < -0.3 is 9.13 Å². The van der Waals surface area contributed by atoms with Gasteiger partial charge in [-0.3, -0.25) is 9.59 Å². The van der Waals surface area contributed by atoms with Gasteiger partial charge in [0.1, 0.15) is 0 Å².